The number of rotatable bonds is 4. The van der Waals surface area contributed by atoms with Crippen molar-refractivity contribution in [2.24, 2.45) is 0 Å². The summed E-state index contributed by atoms with van der Waals surface area (Å²) in [5, 5.41) is 0. The zero-order chi connectivity index (χ0) is 16.1. The van der Waals surface area contributed by atoms with Crippen LogP contribution in [0, 0.1) is 0 Å². The van der Waals surface area contributed by atoms with Gasteiger partial charge in [-0.15, -0.1) is 11.8 Å². The first kappa shape index (κ1) is 16.0. The van der Waals surface area contributed by atoms with Crippen molar-refractivity contribution >= 4 is 11.8 Å². The predicted octanol–water partition coefficient (Wildman–Crippen LogP) is 4.34. The van der Waals surface area contributed by atoms with Crippen LogP contribution in [0.2, 0.25) is 0 Å². The second-order valence-corrected chi connectivity index (χ2v) is 7.37. The van der Waals surface area contributed by atoms with Crippen molar-refractivity contribution in [3.05, 3.63) is 23.3 Å². The molecule has 2 unspecified atom stereocenters. The van der Waals surface area contributed by atoms with Gasteiger partial charge in [0.2, 0.25) is 0 Å². The number of halogens is 3. The number of benzene rings is 1. The number of hydrogen-bond acceptors (Lipinski definition) is 3. The molecule has 1 fully saturated rings. The van der Waals surface area contributed by atoms with Crippen molar-refractivity contribution in [1.82, 2.24) is 0 Å². The van der Waals surface area contributed by atoms with Gasteiger partial charge in [0.05, 0.1) is 12.7 Å². The molecule has 0 radical (unpaired) electrons. The summed E-state index contributed by atoms with van der Waals surface area (Å²) in [7, 11) is 0. The molecule has 0 amide bonds. The van der Waals surface area contributed by atoms with E-state index in [4.69, 9.17) is 9.47 Å². The Kier molecular flexibility index (Phi) is 3.88. The first-order valence-electron chi connectivity index (χ1n) is 7.29. The lowest BCUT2D eigenvalue weighted by Crippen LogP contribution is -2.25. The van der Waals surface area contributed by atoms with E-state index in [1.807, 2.05) is 26.2 Å². The first-order valence-corrected chi connectivity index (χ1v) is 8.51. The SMILES string of the molecule is CSc1cc2c(c(C(C)(C)CC3OC3C(F)(F)F)c1)OCC2. The van der Waals surface area contributed by atoms with Crippen LogP contribution in [0.1, 0.15) is 31.4 Å². The molecule has 1 aromatic carbocycles. The summed E-state index contributed by atoms with van der Waals surface area (Å²) in [4.78, 5) is 1.12. The third-order valence-electron chi connectivity index (χ3n) is 4.34. The van der Waals surface area contributed by atoms with Gasteiger partial charge < -0.3 is 9.47 Å². The van der Waals surface area contributed by atoms with E-state index in [9.17, 15) is 13.2 Å². The van der Waals surface area contributed by atoms with Crippen molar-refractivity contribution in [2.45, 2.75) is 55.4 Å². The van der Waals surface area contributed by atoms with Gasteiger partial charge in [-0.3, -0.25) is 0 Å². The smallest absolute Gasteiger partial charge is 0.417 e. The van der Waals surface area contributed by atoms with Crippen molar-refractivity contribution in [3.8, 4) is 5.75 Å². The Labute approximate surface area is 132 Å². The Morgan fingerprint density at radius 2 is 2.00 bits per heavy atom. The number of thioether (sulfide) groups is 1. The molecule has 2 heterocycles. The van der Waals surface area contributed by atoms with Gasteiger partial charge in [0.1, 0.15) is 5.75 Å². The van der Waals surface area contributed by atoms with Crippen LogP contribution in [0.15, 0.2) is 17.0 Å². The fourth-order valence-corrected chi connectivity index (χ4v) is 3.59. The second kappa shape index (κ2) is 5.34. The van der Waals surface area contributed by atoms with Gasteiger partial charge >= 0.3 is 6.18 Å². The van der Waals surface area contributed by atoms with Crippen LogP contribution in [0.4, 0.5) is 13.2 Å². The van der Waals surface area contributed by atoms with Gasteiger partial charge in [0.15, 0.2) is 6.10 Å². The summed E-state index contributed by atoms with van der Waals surface area (Å²) in [5.41, 5.74) is 1.72. The molecule has 1 saturated heterocycles. The monoisotopic (exact) mass is 332 g/mol. The molecule has 0 aliphatic carbocycles. The van der Waals surface area contributed by atoms with Crippen molar-refractivity contribution in [3.63, 3.8) is 0 Å². The molecule has 0 aromatic heterocycles. The Morgan fingerprint density at radius 3 is 2.59 bits per heavy atom. The lowest BCUT2D eigenvalue weighted by atomic mass is 9.79. The number of epoxide rings is 1. The van der Waals surface area contributed by atoms with E-state index in [0.29, 0.717) is 13.0 Å². The summed E-state index contributed by atoms with van der Waals surface area (Å²) in [6.07, 6.45) is -3.42. The fraction of sp³-hybridized carbons (Fsp3) is 0.625. The first-order chi connectivity index (χ1) is 10.2. The lowest BCUT2D eigenvalue weighted by molar-refractivity contribution is -0.146. The molecule has 2 nitrogen and oxygen atoms in total. The third-order valence-corrected chi connectivity index (χ3v) is 5.05. The maximum atomic E-state index is 12.7. The summed E-state index contributed by atoms with van der Waals surface area (Å²) in [5.74, 6) is 0.854. The molecule has 0 N–H and O–H groups in total. The average Bonchev–Trinajstić information content (AvgIpc) is 3.03. The molecule has 3 rings (SSSR count). The zero-order valence-electron chi connectivity index (χ0n) is 12.8. The minimum absolute atomic E-state index is 0.338. The van der Waals surface area contributed by atoms with Crippen LogP contribution in [-0.2, 0) is 16.6 Å². The van der Waals surface area contributed by atoms with Gasteiger partial charge in [-0.05, 0) is 35.8 Å². The Hall–Kier alpha value is -0.880. The summed E-state index contributed by atoms with van der Waals surface area (Å²) in [6, 6.07) is 4.15. The van der Waals surface area contributed by atoms with Crippen molar-refractivity contribution in [1.29, 1.82) is 0 Å². The van der Waals surface area contributed by atoms with Crippen LogP contribution in [0.5, 0.6) is 5.75 Å². The molecule has 0 bridgehead atoms. The maximum Gasteiger partial charge on any atom is 0.417 e. The van der Waals surface area contributed by atoms with Gasteiger partial charge in [-0.2, -0.15) is 13.2 Å². The van der Waals surface area contributed by atoms with Gasteiger partial charge in [-0.1, -0.05) is 13.8 Å². The standard InChI is InChI=1S/C16H19F3O2S/c1-15(2,8-12-14(21-12)16(17,18)19)11-7-10(22-3)6-9-4-5-20-13(9)11/h6-7,12,14H,4-5,8H2,1-3H3. The molecule has 6 heteroatoms. The minimum atomic E-state index is -4.26. The van der Waals surface area contributed by atoms with Crippen molar-refractivity contribution in [2.75, 3.05) is 12.9 Å². The number of hydrogen-bond donors (Lipinski definition) is 0. The second-order valence-electron chi connectivity index (χ2n) is 6.49. The van der Waals surface area contributed by atoms with Crippen molar-refractivity contribution < 1.29 is 22.6 Å². The molecule has 1 aromatic rings. The van der Waals surface area contributed by atoms with Gasteiger partial charge in [0, 0.05) is 16.9 Å². The fourth-order valence-electron chi connectivity index (χ4n) is 3.10. The largest absolute Gasteiger partial charge is 0.493 e. The Balaban J connectivity index is 1.85. The number of fused-ring (bicyclic) bond motifs is 1. The van der Waals surface area contributed by atoms with E-state index < -0.39 is 23.8 Å². The number of alkyl halides is 3. The summed E-state index contributed by atoms with van der Waals surface area (Å²) < 4.78 is 48.5. The average molecular weight is 332 g/mol. The lowest BCUT2D eigenvalue weighted by Gasteiger charge is -2.27. The van der Waals surface area contributed by atoms with Gasteiger partial charge in [0.25, 0.3) is 0 Å². The molecule has 2 aliphatic heterocycles. The van der Waals surface area contributed by atoms with Crippen LogP contribution in [0.3, 0.4) is 0 Å². The summed E-state index contributed by atoms with van der Waals surface area (Å²) in [6.45, 7) is 4.56. The van der Waals surface area contributed by atoms with E-state index in [-0.39, 0.29) is 0 Å². The Bertz CT molecular complexity index is 583. The quantitative estimate of drug-likeness (QED) is 0.605. The normalized spacial score (nSPS) is 24.1. The van der Waals surface area contributed by atoms with Crippen LogP contribution >= 0.6 is 11.8 Å². The zero-order valence-corrected chi connectivity index (χ0v) is 13.6. The molecule has 122 valence electrons. The van der Waals surface area contributed by atoms with E-state index >= 15 is 0 Å². The van der Waals surface area contributed by atoms with Gasteiger partial charge in [-0.25, -0.2) is 0 Å². The highest BCUT2D eigenvalue weighted by Crippen LogP contribution is 2.47. The number of ether oxygens (including phenoxy) is 2. The highest BCUT2D eigenvalue weighted by atomic mass is 32.2. The van der Waals surface area contributed by atoms with E-state index in [2.05, 4.69) is 6.07 Å². The molecule has 22 heavy (non-hydrogen) atoms. The molecule has 2 atom stereocenters. The van der Waals surface area contributed by atoms with E-state index in [0.717, 1.165) is 28.2 Å². The molecule has 2 aliphatic rings. The van der Waals surface area contributed by atoms with E-state index in [1.54, 1.807) is 11.8 Å². The topological polar surface area (TPSA) is 21.8 Å². The van der Waals surface area contributed by atoms with Crippen LogP contribution in [0.25, 0.3) is 0 Å². The predicted molar refractivity (Wildman–Crippen MR) is 79.8 cm³/mol. The molecular formula is C16H19F3O2S. The molecule has 0 saturated carbocycles. The Morgan fingerprint density at radius 1 is 1.27 bits per heavy atom. The molecule has 0 spiro atoms. The summed E-state index contributed by atoms with van der Waals surface area (Å²) >= 11 is 1.64. The third kappa shape index (κ3) is 2.95. The molecular weight excluding hydrogens is 313 g/mol. The maximum absolute atomic E-state index is 12.7. The van der Waals surface area contributed by atoms with Crippen LogP contribution < -0.4 is 4.74 Å². The van der Waals surface area contributed by atoms with Crippen LogP contribution in [-0.4, -0.2) is 31.2 Å². The van der Waals surface area contributed by atoms with E-state index in [1.165, 1.54) is 0 Å². The minimum Gasteiger partial charge on any atom is -0.493 e. The highest BCUT2D eigenvalue weighted by molar-refractivity contribution is 7.98. The highest BCUT2D eigenvalue weighted by Gasteiger charge is 2.59.